The second-order valence-electron chi connectivity index (χ2n) is 6.64. The van der Waals surface area contributed by atoms with Crippen molar-refractivity contribution in [3.63, 3.8) is 0 Å². The monoisotopic (exact) mass is 335 g/mol. The van der Waals surface area contributed by atoms with E-state index in [4.69, 9.17) is 0 Å². The maximum absolute atomic E-state index is 11.9. The predicted molar refractivity (Wildman–Crippen MR) is 102 cm³/mol. The van der Waals surface area contributed by atoms with Crippen molar-refractivity contribution in [1.29, 1.82) is 0 Å². The zero-order valence-electron chi connectivity index (χ0n) is 15.4. The number of hydrogen-bond donors (Lipinski definition) is 1. The molecule has 0 aliphatic rings. The maximum Gasteiger partial charge on any atom is 0.219 e. The molecule has 3 aromatic rings. The van der Waals surface area contributed by atoms with Crippen LogP contribution in [-0.2, 0) is 11.3 Å². The Kier molecular flexibility index (Phi) is 4.88. The van der Waals surface area contributed by atoms with Gasteiger partial charge in [-0.25, -0.2) is 4.98 Å². The first kappa shape index (κ1) is 17.2. The number of H-pyrrole nitrogens is 1. The Hall–Kier alpha value is -2.62. The molecule has 25 heavy (non-hydrogen) atoms. The molecule has 1 heterocycles. The maximum atomic E-state index is 11.9. The summed E-state index contributed by atoms with van der Waals surface area (Å²) in [6.45, 7) is 9.26. The molecule has 0 atom stereocenters. The van der Waals surface area contributed by atoms with Gasteiger partial charge in [-0.1, -0.05) is 25.1 Å². The summed E-state index contributed by atoms with van der Waals surface area (Å²) in [4.78, 5) is 21.5. The molecular formula is C21H25N3O. The van der Waals surface area contributed by atoms with Crippen LogP contribution in [0.1, 0.15) is 37.2 Å². The van der Waals surface area contributed by atoms with Gasteiger partial charge in [0.25, 0.3) is 0 Å². The highest BCUT2D eigenvalue weighted by molar-refractivity contribution is 5.82. The Morgan fingerprint density at radius 3 is 2.56 bits per heavy atom. The zero-order valence-corrected chi connectivity index (χ0v) is 15.4. The highest BCUT2D eigenvalue weighted by atomic mass is 16.2. The molecule has 2 aromatic carbocycles. The quantitative estimate of drug-likeness (QED) is 0.740. The van der Waals surface area contributed by atoms with Crippen LogP contribution in [0, 0.1) is 13.8 Å². The molecule has 4 heteroatoms. The topological polar surface area (TPSA) is 49.0 Å². The molecule has 4 nitrogen and oxygen atoms in total. The van der Waals surface area contributed by atoms with E-state index >= 15 is 0 Å². The molecule has 1 N–H and O–H groups in total. The molecule has 0 unspecified atom stereocenters. The van der Waals surface area contributed by atoms with Crippen molar-refractivity contribution in [2.45, 2.75) is 40.7 Å². The van der Waals surface area contributed by atoms with E-state index < -0.39 is 0 Å². The standard InChI is InChI=1S/C21H25N3O/c1-5-10-24(16(4)25)13-19-11-17(7-6-14(19)2)18-8-9-20-21(12-18)23-15(3)22-20/h6-9,11-12H,5,10,13H2,1-4H3,(H,22,23). The van der Waals surface area contributed by atoms with Gasteiger partial charge in [-0.2, -0.15) is 0 Å². The summed E-state index contributed by atoms with van der Waals surface area (Å²) in [6, 6.07) is 12.8. The van der Waals surface area contributed by atoms with Gasteiger partial charge >= 0.3 is 0 Å². The predicted octanol–water partition coefficient (Wildman–Crippen LogP) is 4.61. The third kappa shape index (κ3) is 3.73. The van der Waals surface area contributed by atoms with Crippen LogP contribution in [0.2, 0.25) is 0 Å². The number of benzene rings is 2. The van der Waals surface area contributed by atoms with Gasteiger partial charge in [0.2, 0.25) is 5.91 Å². The molecule has 0 fully saturated rings. The van der Waals surface area contributed by atoms with Crippen LogP contribution < -0.4 is 0 Å². The van der Waals surface area contributed by atoms with Gasteiger partial charge in [-0.3, -0.25) is 4.79 Å². The first-order chi connectivity index (χ1) is 12.0. The van der Waals surface area contributed by atoms with E-state index in [0.29, 0.717) is 6.54 Å². The molecule has 0 aliphatic carbocycles. The van der Waals surface area contributed by atoms with Crippen molar-refractivity contribution in [2.24, 2.45) is 0 Å². The summed E-state index contributed by atoms with van der Waals surface area (Å²) < 4.78 is 0. The summed E-state index contributed by atoms with van der Waals surface area (Å²) in [5.74, 6) is 1.05. The van der Waals surface area contributed by atoms with E-state index in [0.717, 1.165) is 41.0 Å². The van der Waals surface area contributed by atoms with Gasteiger partial charge in [0.15, 0.2) is 0 Å². The SMILES string of the molecule is CCCN(Cc1cc(-c2ccc3nc(C)[nH]c3c2)ccc1C)C(C)=O. The van der Waals surface area contributed by atoms with Gasteiger partial charge in [0.05, 0.1) is 11.0 Å². The van der Waals surface area contributed by atoms with E-state index in [1.54, 1.807) is 6.92 Å². The molecule has 0 radical (unpaired) electrons. The number of aromatic nitrogens is 2. The normalized spacial score (nSPS) is 11.0. The summed E-state index contributed by atoms with van der Waals surface area (Å²) in [5, 5.41) is 0. The average molecular weight is 335 g/mol. The Morgan fingerprint density at radius 1 is 1.12 bits per heavy atom. The van der Waals surface area contributed by atoms with E-state index in [1.807, 2.05) is 17.9 Å². The summed E-state index contributed by atoms with van der Waals surface area (Å²) in [7, 11) is 0. The van der Waals surface area contributed by atoms with Gasteiger partial charge in [-0.05, 0) is 60.7 Å². The fourth-order valence-electron chi connectivity index (χ4n) is 3.16. The fraction of sp³-hybridized carbons (Fsp3) is 0.333. The van der Waals surface area contributed by atoms with E-state index in [-0.39, 0.29) is 5.91 Å². The second kappa shape index (κ2) is 7.09. The molecule has 1 amide bonds. The lowest BCUT2D eigenvalue weighted by Gasteiger charge is -2.22. The van der Waals surface area contributed by atoms with Crippen LogP contribution in [0.5, 0.6) is 0 Å². The Labute approximate surface area is 148 Å². The summed E-state index contributed by atoms with van der Waals surface area (Å²) in [6.07, 6.45) is 0.966. The number of fused-ring (bicyclic) bond motifs is 1. The minimum atomic E-state index is 0.126. The van der Waals surface area contributed by atoms with Crippen LogP contribution >= 0.6 is 0 Å². The number of aryl methyl sites for hydroxylation is 2. The van der Waals surface area contributed by atoms with Crippen LogP contribution in [0.15, 0.2) is 36.4 Å². The fourth-order valence-corrected chi connectivity index (χ4v) is 3.16. The number of nitrogens with one attached hydrogen (secondary N) is 1. The van der Waals surface area contributed by atoms with Gasteiger partial charge in [-0.15, -0.1) is 0 Å². The highest BCUT2D eigenvalue weighted by Gasteiger charge is 2.11. The number of carbonyl (C=O) groups excluding carboxylic acids is 1. The first-order valence-electron chi connectivity index (χ1n) is 8.79. The van der Waals surface area contributed by atoms with E-state index in [9.17, 15) is 4.79 Å². The third-order valence-corrected chi connectivity index (χ3v) is 4.58. The molecule has 130 valence electrons. The zero-order chi connectivity index (χ0) is 18.0. The number of aromatic amines is 1. The minimum absolute atomic E-state index is 0.126. The van der Waals surface area contributed by atoms with Gasteiger partial charge in [0, 0.05) is 20.0 Å². The smallest absolute Gasteiger partial charge is 0.219 e. The van der Waals surface area contributed by atoms with Gasteiger partial charge < -0.3 is 9.88 Å². The number of imidazole rings is 1. The second-order valence-corrected chi connectivity index (χ2v) is 6.64. The van der Waals surface area contributed by atoms with Crippen molar-refractivity contribution < 1.29 is 4.79 Å². The lowest BCUT2D eigenvalue weighted by molar-refractivity contribution is -0.129. The van der Waals surface area contributed by atoms with E-state index in [1.165, 1.54) is 11.1 Å². The molecule has 0 spiro atoms. The van der Waals surface area contributed by atoms with Crippen molar-refractivity contribution in [3.05, 3.63) is 53.3 Å². The number of rotatable bonds is 5. The molecule has 1 aromatic heterocycles. The Bertz CT molecular complexity index is 911. The molecule has 3 rings (SSSR count). The number of hydrogen-bond acceptors (Lipinski definition) is 2. The first-order valence-corrected chi connectivity index (χ1v) is 8.79. The van der Waals surface area contributed by atoms with Crippen LogP contribution in [0.4, 0.5) is 0 Å². The largest absolute Gasteiger partial charge is 0.342 e. The number of carbonyl (C=O) groups is 1. The summed E-state index contributed by atoms with van der Waals surface area (Å²) in [5.41, 5.74) is 6.76. The van der Waals surface area contributed by atoms with Crippen molar-refractivity contribution >= 4 is 16.9 Å². The highest BCUT2D eigenvalue weighted by Crippen LogP contribution is 2.26. The van der Waals surface area contributed by atoms with E-state index in [2.05, 4.69) is 54.1 Å². The van der Waals surface area contributed by atoms with Crippen LogP contribution in [0.3, 0.4) is 0 Å². The summed E-state index contributed by atoms with van der Waals surface area (Å²) >= 11 is 0. The molecular weight excluding hydrogens is 310 g/mol. The lowest BCUT2D eigenvalue weighted by atomic mass is 9.99. The third-order valence-electron chi connectivity index (χ3n) is 4.58. The van der Waals surface area contributed by atoms with Crippen molar-refractivity contribution in [2.75, 3.05) is 6.54 Å². The Balaban J connectivity index is 1.95. The van der Waals surface area contributed by atoms with Crippen molar-refractivity contribution in [3.8, 4) is 11.1 Å². The lowest BCUT2D eigenvalue weighted by Crippen LogP contribution is -2.29. The Morgan fingerprint density at radius 2 is 1.84 bits per heavy atom. The molecule has 0 saturated heterocycles. The number of amides is 1. The van der Waals surface area contributed by atoms with Crippen LogP contribution in [0.25, 0.3) is 22.2 Å². The average Bonchev–Trinajstić information content (AvgIpc) is 2.95. The van der Waals surface area contributed by atoms with Gasteiger partial charge in [0.1, 0.15) is 5.82 Å². The minimum Gasteiger partial charge on any atom is -0.342 e. The molecule has 0 aliphatic heterocycles. The van der Waals surface area contributed by atoms with Crippen LogP contribution in [-0.4, -0.2) is 27.3 Å². The number of nitrogens with zero attached hydrogens (tertiary/aromatic N) is 2. The van der Waals surface area contributed by atoms with Crippen molar-refractivity contribution in [1.82, 2.24) is 14.9 Å². The molecule has 0 bridgehead atoms. The molecule has 0 saturated carbocycles.